The number of ether oxygens (including phenoxy) is 1. The first-order valence-corrected chi connectivity index (χ1v) is 7.07. The van der Waals surface area contributed by atoms with Crippen molar-refractivity contribution in [2.75, 3.05) is 0 Å². The van der Waals surface area contributed by atoms with Crippen LogP contribution >= 0.6 is 0 Å². The van der Waals surface area contributed by atoms with E-state index in [4.69, 9.17) is 4.74 Å². The van der Waals surface area contributed by atoms with Crippen molar-refractivity contribution in [2.24, 2.45) is 0 Å². The van der Waals surface area contributed by atoms with Crippen molar-refractivity contribution < 1.29 is 14.2 Å². The van der Waals surface area contributed by atoms with E-state index in [-0.39, 0.29) is 5.82 Å². The van der Waals surface area contributed by atoms with E-state index in [0.29, 0.717) is 12.4 Å². The lowest BCUT2D eigenvalue weighted by molar-refractivity contribution is 0.199. The number of benzene rings is 2. The molecule has 0 radical (unpaired) electrons. The van der Waals surface area contributed by atoms with E-state index in [2.05, 4.69) is 4.98 Å². The summed E-state index contributed by atoms with van der Waals surface area (Å²) in [7, 11) is 0. The van der Waals surface area contributed by atoms with Crippen molar-refractivity contribution in [1.82, 2.24) is 4.98 Å². The van der Waals surface area contributed by atoms with Gasteiger partial charge in [-0.15, -0.1) is 0 Å². The lowest BCUT2D eigenvalue weighted by Gasteiger charge is -2.09. The van der Waals surface area contributed by atoms with Crippen molar-refractivity contribution in [3.05, 3.63) is 71.7 Å². The highest BCUT2D eigenvalue weighted by Gasteiger charge is 2.05. The Kier molecular flexibility index (Phi) is 4.02. The van der Waals surface area contributed by atoms with E-state index in [1.165, 1.54) is 12.1 Å². The number of halogens is 1. The predicted octanol–water partition coefficient (Wildman–Crippen LogP) is 4.01. The van der Waals surface area contributed by atoms with Crippen LogP contribution in [0.5, 0.6) is 5.75 Å². The number of hydrogen-bond acceptors (Lipinski definition) is 3. The summed E-state index contributed by atoms with van der Waals surface area (Å²) in [5.74, 6) is 0.446. The van der Waals surface area contributed by atoms with Gasteiger partial charge in [0.2, 0.25) is 0 Å². The van der Waals surface area contributed by atoms with Crippen LogP contribution in [0.15, 0.2) is 54.7 Å². The zero-order valence-corrected chi connectivity index (χ0v) is 12.2. The first kappa shape index (κ1) is 14.5. The molecule has 1 atom stereocenters. The molecule has 1 aromatic heterocycles. The maximum atomic E-state index is 12.8. The van der Waals surface area contributed by atoms with Gasteiger partial charge in [0.05, 0.1) is 11.6 Å². The Morgan fingerprint density at radius 1 is 1.14 bits per heavy atom. The van der Waals surface area contributed by atoms with Crippen LogP contribution in [0.1, 0.15) is 24.2 Å². The summed E-state index contributed by atoms with van der Waals surface area (Å²) < 4.78 is 18.6. The third-order valence-electron chi connectivity index (χ3n) is 3.48. The first-order valence-electron chi connectivity index (χ1n) is 7.07. The van der Waals surface area contributed by atoms with Gasteiger partial charge in [-0.05, 0) is 48.4 Å². The van der Waals surface area contributed by atoms with Crippen molar-refractivity contribution in [3.63, 3.8) is 0 Å². The minimum atomic E-state index is -0.536. The Hall–Kier alpha value is -2.46. The average molecular weight is 297 g/mol. The maximum absolute atomic E-state index is 12.8. The van der Waals surface area contributed by atoms with Crippen LogP contribution < -0.4 is 4.74 Å². The quantitative estimate of drug-likeness (QED) is 0.791. The van der Waals surface area contributed by atoms with Gasteiger partial charge in [-0.2, -0.15) is 0 Å². The number of pyridine rings is 1. The molecule has 1 N–H and O–H groups in total. The molecule has 0 amide bonds. The monoisotopic (exact) mass is 297 g/mol. The van der Waals surface area contributed by atoms with Gasteiger partial charge in [0, 0.05) is 17.6 Å². The summed E-state index contributed by atoms with van der Waals surface area (Å²) in [6.07, 6.45) is 1.13. The molecule has 0 saturated heterocycles. The fraction of sp³-hybridized carbons (Fsp3) is 0.167. The Balaban J connectivity index is 1.77. The number of nitrogens with zero attached hydrogens (tertiary/aromatic N) is 1. The standard InChI is InChI=1S/C18H16FNO2/c1-12(21)15-8-14-4-7-17(9-18(14)20-10-15)22-11-13-2-5-16(19)6-3-13/h2-10,12,21H,11H2,1H3. The van der Waals surface area contributed by atoms with Gasteiger partial charge in [-0.3, -0.25) is 4.98 Å². The molecule has 3 aromatic rings. The molecule has 4 heteroatoms. The third kappa shape index (κ3) is 3.23. The highest BCUT2D eigenvalue weighted by atomic mass is 19.1. The van der Waals surface area contributed by atoms with E-state index in [0.717, 1.165) is 22.0 Å². The normalized spacial score (nSPS) is 12.3. The van der Waals surface area contributed by atoms with Crippen LogP contribution in [0, 0.1) is 5.82 Å². The van der Waals surface area contributed by atoms with Gasteiger partial charge in [-0.25, -0.2) is 4.39 Å². The maximum Gasteiger partial charge on any atom is 0.123 e. The van der Waals surface area contributed by atoms with E-state index in [9.17, 15) is 9.50 Å². The number of fused-ring (bicyclic) bond motifs is 1. The molecular formula is C18H16FNO2. The van der Waals surface area contributed by atoms with Crippen LogP contribution in [-0.4, -0.2) is 10.1 Å². The topological polar surface area (TPSA) is 42.4 Å². The van der Waals surface area contributed by atoms with Gasteiger partial charge in [-0.1, -0.05) is 12.1 Å². The molecule has 112 valence electrons. The highest BCUT2D eigenvalue weighted by Crippen LogP contribution is 2.23. The smallest absolute Gasteiger partial charge is 0.123 e. The summed E-state index contributed by atoms with van der Waals surface area (Å²) in [6, 6.07) is 13.8. The third-order valence-corrected chi connectivity index (χ3v) is 3.48. The lowest BCUT2D eigenvalue weighted by Crippen LogP contribution is -1.96. The SMILES string of the molecule is CC(O)c1cnc2cc(OCc3ccc(F)cc3)ccc2c1. The first-order chi connectivity index (χ1) is 10.6. The van der Waals surface area contributed by atoms with E-state index in [1.807, 2.05) is 24.3 Å². The number of aliphatic hydroxyl groups excluding tert-OH is 1. The molecule has 0 spiro atoms. The van der Waals surface area contributed by atoms with Crippen LogP contribution in [0.4, 0.5) is 4.39 Å². The molecular weight excluding hydrogens is 281 g/mol. The second-order valence-electron chi connectivity index (χ2n) is 5.21. The second-order valence-corrected chi connectivity index (χ2v) is 5.21. The fourth-order valence-corrected chi connectivity index (χ4v) is 2.18. The van der Waals surface area contributed by atoms with Crippen molar-refractivity contribution >= 4 is 10.9 Å². The van der Waals surface area contributed by atoms with E-state index < -0.39 is 6.10 Å². The van der Waals surface area contributed by atoms with Crippen LogP contribution in [0.2, 0.25) is 0 Å². The van der Waals surface area contributed by atoms with Crippen molar-refractivity contribution in [2.45, 2.75) is 19.6 Å². The molecule has 3 nitrogen and oxygen atoms in total. The molecule has 3 rings (SSSR count). The summed E-state index contributed by atoms with van der Waals surface area (Å²) in [4.78, 5) is 4.34. The number of aliphatic hydroxyl groups is 1. The molecule has 0 bridgehead atoms. The Labute approximate surface area is 128 Å². The predicted molar refractivity (Wildman–Crippen MR) is 83.1 cm³/mol. The van der Waals surface area contributed by atoms with Crippen LogP contribution in [0.25, 0.3) is 10.9 Å². The largest absolute Gasteiger partial charge is 0.489 e. The zero-order chi connectivity index (χ0) is 15.5. The number of aromatic nitrogens is 1. The molecule has 22 heavy (non-hydrogen) atoms. The number of hydrogen-bond donors (Lipinski definition) is 1. The molecule has 2 aromatic carbocycles. The Bertz CT molecular complexity index is 785. The van der Waals surface area contributed by atoms with Crippen molar-refractivity contribution in [1.29, 1.82) is 0 Å². The summed E-state index contributed by atoms with van der Waals surface area (Å²) in [5, 5.41) is 10.5. The molecule has 0 aliphatic rings. The molecule has 1 heterocycles. The lowest BCUT2D eigenvalue weighted by atomic mass is 10.1. The fourth-order valence-electron chi connectivity index (χ4n) is 2.18. The zero-order valence-electron chi connectivity index (χ0n) is 12.2. The molecule has 0 aliphatic carbocycles. The van der Waals surface area contributed by atoms with Crippen LogP contribution in [0.3, 0.4) is 0 Å². The second kappa shape index (κ2) is 6.12. The van der Waals surface area contributed by atoms with Crippen molar-refractivity contribution in [3.8, 4) is 5.75 Å². The van der Waals surface area contributed by atoms with Gasteiger partial charge >= 0.3 is 0 Å². The molecule has 0 aliphatic heterocycles. The number of rotatable bonds is 4. The summed E-state index contributed by atoms with van der Waals surface area (Å²) >= 11 is 0. The Morgan fingerprint density at radius 2 is 1.91 bits per heavy atom. The van der Waals surface area contributed by atoms with Gasteiger partial charge < -0.3 is 9.84 Å². The minimum Gasteiger partial charge on any atom is -0.489 e. The average Bonchev–Trinajstić information content (AvgIpc) is 2.53. The highest BCUT2D eigenvalue weighted by molar-refractivity contribution is 5.80. The van der Waals surface area contributed by atoms with E-state index in [1.54, 1.807) is 25.3 Å². The molecule has 0 fully saturated rings. The minimum absolute atomic E-state index is 0.257. The summed E-state index contributed by atoms with van der Waals surface area (Å²) in [6.45, 7) is 2.08. The van der Waals surface area contributed by atoms with Gasteiger partial charge in [0.25, 0.3) is 0 Å². The molecule has 0 saturated carbocycles. The summed E-state index contributed by atoms with van der Waals surface area (Å²) in [5.41, 5.74) is 2.49. The molecule has 1 unspecified atom stereocenters. The van der Waals surface area contributed by atoms with Gasteiger partial charge in [0.1, 0.15) is 18.2 Å². The Morgan fingerprint density at radius 3 is 2.64 bits per heavy atom. The van der Waals surface area contributed by atoms with Crippen LogP contribution in [-0.2, 0) is 6.61 Å². The van der Waals surface area contributed by atoms with E-state index >= 15 is 0 Å². The van der Waals surface area contributed by atoms with Gasteiger partial charge in [0.15, 0.2) is 0 Å².